The van der Waals surface area contributed by atoms with E-state index < -0.39 is 17.4 Å². The van der Waals surface area contributed by atoms with E-state index in [9.17, 15) is 14.7 Å². The fraction of sp³-hybridized carbons (Fsp3) is 0.727. The highest BCUT2D eigenvalue weighted by molar-refractivity contribution is 5.76. The van der Waals surface area contributed by atoms with Crippen LogP contribution in [0.15, 0.2) is 24.3 Å². The maximum absolute atomic E-state index is 12.4. The van der Waals surface area contributed by atoms with Crippen LogP contribution in [-0.4, -0.2) is 23.7 Å². The lowest BCUT2D eigenvalue weighted by atomic mass is 9.45. The summed E-state index contributed by atoms with van der Waals surface area (Å²) in [6.45, 7) is 9.94. The molecule has 0 bridgehead atoms. The van der Waals surface area contributed by atoms with Crippen molar-refractivity contribution in [2.45, 2.75) is 65.7 Å². The Morgan fingerprint density at radius 3 is 2.69 bits per heavy atom. The van der Waals surface area contributed by atoms with Crippen molar-refractivity contribution in [3.63, 3.8) is 0 Å². The molecule has 0 aromatic rings. The molecule has 0 radical (unpaired) electrons. The monoisotopic (exact) mass is 360 g/mol. The molecule has 0 amide bonds. The molecule has 3 aliphatic carbocycles. The number of hydrogen-bond donors (Lipinski definition) is 1. The number of fused-ring (bicyclic) bond motifs is 3. The Morgan fingerprint density at radius 1 is 1.35 bits per heavy atom. The number of carbonyl (C=O) groups is 2. The molecule has 0 aliphatic heterocycles. The quantitative estimate of drug-likeness (QED) is 0.580. The predicted molar refractivity (Wildman–Crippen MR) is 100 cm³/mol. The van der Waals surface area contributed by atoms with Crippen LogP contribution in [0.25, 0.3) is 0 Å². The summed E-state index contributed by atoms with van der Waals surface area (Å²) in [4.78, 5) is 23.8. The molecule has 0 aromatic carbocycles. The van der Waals surface area contributed by atoms with Gasteiger partial charge in [-0.25, -0.2) is 0 Å². The number of allylic oxidation sites excluding steroid dienone is 3. The van der Waals surface area contributed by atoms with E-state index in [1.807, 2.05) is 0 Å². The van der Waals surface area contributed by atoms with E-state index >= 15 is 0 Å². The van der Waals surface area contributed by atoms with Gasteiger partial charge in [-0.1, -0.05) is 38.0 Å². The number of carboxylic acid groups (broad SMARTS) is 1. The smallest absolute Gasteiger partial charge is 0.313 e. The van der Waals surface area contributed by atoms with Gasteiger partial charge in [0.15, 0.2) is 0 Å². The van der Waals surface area contributed by atoms with E-state index in [0.717, 1.165) is 38.5 Å². The number of ether oxygens (including phenoxy) is 1. The summed E-state index contributed by atoms with van der Waals surface area (Å²) in [7, 11) is 0. The predicted octanol–water partition coefficient (Wildman–Crippen LogP) is 4.75. The zero-order valence-corrected chi connectivity index (χ0v) is 16.3. The molecule has 26 heavy (non-hydrogen) atoms. The zero-order chi connectivity index (χ0) is 19.2. The van der Waals surface area contributed by atoms with Crippen LogP contribution in [0.4, 0.5) is 0 Å². The second-order valence-corrected chi connectivity index (χ2v) is 9.29. The van der Waals surface area contributed by atoms with Gasteiger partial charge < -0.3 is 9.84 Å². The summed E-state index contributed by atoms with van der Waals surface area (Å²) in [5.41, 5.74) is 0.650. The summed E-state index contributed by atoms with van der Waals surface area (Å²) in [6.07, 6.45) is 10.9. The zero-order valence-electron chi connectivity index (χ0n) is 16.3. The van der Waals surface area contributed by atoms with Crippen LogP contribution in [0.2, 0.25) is 0 Å². The molecule has 0 saturated heterocycles. The third-order valence-corrected chi connectivity index (χ3v) is 7.72. The molecule has 4 nitrogen and oxygen atoms in total. The van der Waals surface area contributed by atoms with Gasteiger partial charge in [-0.05, 0) is 61.2 Å². The topological polar surface area (TPSA) is 63.6 Å². The highest BCUT2D eigenvalue weighted by Crippen LogP contribution is 2.63. The summed E-state index contributed by atoms with van der Waals surface area (Å²) < 4.78 is 5.27. The molecule has 4 heteroatoms. The summed E-state index contributed by atoms with van der Waals surface area (Å²) in [6, 6.07) is 0. The SMILES string of the molecule is C=CC1(C)CCC2C(=CCC3C(COC(C)=O)(C(=O)O)CCCC23C)C1. The number of carbonyl (C=O) groups excluding carboxylic acids is 1. The lowest BCUT2D eigenvalue weighted by molar-refractivity contribution is -0.177. The molecule has 5 atom stereocenters. The molecule has 3 rings (SSSR count). The molecular formula is C22H32O4. The van der Waals surface area contributed by atoms with Gasteiger partial charge in [0, 0.05) is 6.92 Å². The third-order valence-electron chi connectivity index (χ3n) is 7.72. The van der Waals surface area contributed by atoms with Crippen LogP contribution >= 0.6 is 0 Å². The minimum absolute atomic E-state index is 0.00180. The van der Waals surface area contributed by atoms with E-state index in [2.05, 4.69) is 32.6 Å². The highest BCUT2D eigenvalue weighted by Gasteiger charge is 2.60. The van der Waals surface area contributed by atoms with Gasteiger partial charge in [-0.15, -0.1) is 6.58 Å². The first-order valence-electron chi connectivity index (χ1n) is 9.86. The normalized spacial score (nSPS) is 42.0. The molecule has 3 aliphatic rings. The maximum Gasteiger partial charge on any atom is 0.313 e. The van der Waals surface area contributed by atoms with Crippen molar-refractivity contribution in [1.82, 2.24) is 0 Å². The van der Waals surface area contributed by atoms with Crippen LogP contribution in [0, 0.1) is 28.1 Å². The lowest BCUT2D eigenvalue weighted by Gasteiger charge is -2.59. The minimum Gasteiger partial charge on any atom is -0.481 e. The fourth-order valence-corrected chi connectivity index (χ4v) is 6.15. The van der Waals surface area contributed by atoms with Crippen LogP contribution in [-0.2, 0) is 14.3 Å². The van der Waals surface area contributed by atoms with Gasteiger partial charge in [0.25, 0.3) is 0 Å². The van der Waals surface area contributed by atoms with E-state index in [-0.39, 0.29) is 23.4 Å². The Kier molecular flexibility index (Phi) is 4.83. The van der Waals surface area contributed by atoms with Crippen LogP contribution < -0.4 is 0 Å². The van der Waals surface area contributed by atoms with E-state index in [4.69, 9.17) is 4.74 Å². The first-order chi connectivity index (χ1) is 12.2. The molecule has 144 valence electrons. The molecular weight excluding hydrogens is 328 g/mol. The van der Waals surface area contributed by atoms with E-state index in [1.165, 1.54) is 12.5 Å². The average molecular weight is 360 g/mol. The second-order valence-electron chi connectivity index (χ2n) is 9.29. The number of hydrogen-bond acceptors (Lipinski definition) is 3. The van der Waals surface area contributed by atoms with Crippen molar-refractivity contribution in [2.75, 3.05) is 6.61 Å². The molecule has 2 fully saturated rings. The molecule has 0 aromatic heterocycles. The first kappa shape index (κ1) is 19.2. The Bertz CT molecular complexity index is 651. The largest absolute Gasteiger partial charge is 0.481 e. The van der Waals surface area contributed by atoms with Gasteiger partial charge in [0.05, 0.1) is 0 Å². The number of esters is 1. The van der Waals surface area contributed by atoms with Crippen molar-refractivity contribution in [3.05, 3.63) is 24.3 Å². The molecule has 5 unspecified atom stereocenters. The number of rotatable bonds is 4. The lowest BCUT2D eigenvalue weighted by Crippen LogP contribution is -2.56. The standard InChI is InChI=1S/C22H32O4/c1-5-20(3)12-9-17-16(13-20)7-8-18-21(17,4)10-6-11-22(18,19(24)25)14-26-15(2)23/h5,7,17-18H,1,6,8-14H2,2-4H3,(H,24,25). The maximum atomic E-state index is 12.4. The van der Waals surface area contributed by atoms with Crippen molar-refractivity contribution in [3.8, 4) is 0 Å². The van der Waals surface area contributed by atoms with Crippen LogP contribution in [0.3, 0.4) is 0 Å². The third kappa shape index (κ3) is 2.91. The number of carboxylic acids is 1. The summed E-state index contributed by atoms with van der Waals surface area (Å²) in [5, 5.41) is 10.1. The minimum atomic E-state index is -0.958. The van der Waals surface area contributed by atoms with Gasteiger partial charge in [0.2, 0.25) is 0 Å². The van der Waals surface area contributed by atoms with E-state index in [0.29, 0.717) is 12.3 Å². The van der Waals surface area contributed by atoms with Crippen molar-refractivity contribution < 1.29 is 19.4 Å². The van der Waals surface area contributed by atoms with E-state index in [1.54, 1.807) is 0 Å². The van der Waals surface area contributed by atoms with Crippen LogP contribution in [0.1, 0.15) is 65.7 Å². The van der Waals surface area contributed by atoms with Crippen molar-refractivity contribution >= 4 is 11.9 Å². The van der Waals surface area contributed by atoms with Gasteiger partial charge >= 0.3 is 11.9 Å². The Labute approximate surface area is 156 Å². The van der Waals surface area contributed by atoms with Gasteiger partial charge in [-0.3, -0.25) is 9.59 Å². The Hall–Kier alpha value is -1.58. The van der Waals surface area contributed by atoms with Crippen molar-refractivity contribution in [1.29, 1.82) is 0 Å². The highest BCUT2D eigenvalue weighted by atomic mass is 16.5. The Morgan fingerprint density at radius 2 is 2.08 bits per heavy atom. The van der Waals surface area contributed by atoms with Gasteiger partial charge in [0.1, 0.15) is 12.0 Å². The molecule has 0 heterocycles. The molecule has 2 saturated carbocycles. The summed E-state index contributed by atoms with van der Waals surface area (Å²) >= 11 is 0. The van der Waals surface area contributed by atoms with Crippen LogP contribution in [0.5, 0.6) is 0 Å². The molecule has 1 N–H and O–H groups in total. The average Bonchev–Trinajstić information content (AvgIpc) is 2.58. The summed E-state index contributed by atoms with van der Waals surface area (Å²) in [5.74, 6) is -0.754. The fourth-order valence-electron chi connectivity index (χ4n) is 6.15. The second kappa shape index (κ2) is 6.54. The number of aliphatic carboxylic acids is 1. The Balaban J connectivity index is 1.97. The first-order valence-corrected chi connectivity index (χ1v) is 9.86. The van der Waals surface area contributed by atoms with Crippen molar-refractivity contribution in [2.24, 2.45) is 28.1 Å². The molecule has 0 spiro atoms. The van der Waals surface area contributed by atoms with Gasteiger partial charge in [-0.2, -0.15) is 0 Å².